The summed E-state index contributed by atoms with van der Waals surface area (Å²) in [5.41, 5.74) is 0.856. The number of carbonyl (C=O) groups excluding carboxylic acids is 1. The van der Waals surface area contributed by atoms with Crippen LogP contribution in [0, 0.1) is 6.92 Å². The average molecular weight is 505 g/mol. The lowest BCUT2D eigenvalue weighted by Gasteiger charge is -2.32. The number of aliphatic imine (C=N–C) groups is 1. The van der Waals surface area contributed by atoms with Crippen molar-refractivity contribution in [1.29, 1.82) is 0 Å². The molecule has 0 saturated carbocycles. The van der Waals surface area contributed by atoms with Gasteiger partial charge in [-0.1, -0.05) is 0 Å². The van der Waals surface area contributed by atoms with Crippen LogP contribution in [0.2, 0.25) is 0 Å². The molecule has 0 aliphatic carbocycles. The van der Waals surface area contributed by atoms with Gasteiger partial charge >= 0.3 is 0 Å². The molecule has 3 rings (SSSR count). The fraction of sp³-hybridized carbons (Fsp3) is 0.684. The van der Waals surface area contributed by atoms with E-state index < -0.39 is 0 Å². The number of likely N-dealkylation sites (tertiary alicyclic amines) is 1. The van der Waals surface area contributed by atoms with Crippen molar-refractivity contribution in [3.05, 3.63) is 23.7 Å². The Kier molecular flexibility index (Phi) is 9.52. The van der Waals surface area contributed by atoms with Crippen molar-refractivity contribution in [3.63, 3.8) is 0 Å². The number of aryl methyl sites for hydroxylation is 1. The van der Waals surface area contributed by atoms with E-state index >= 15 is 0 Å². The second-order valence-electron chi connectivity index (χ2n) is 7.05. The largest absolute Gasteiger partial charge is 0.459 e. The lowest BCUT2D eigenvalue weighted by Crippen LogP contribution is -2.47. The van der Waals surface area contributed by atoms with Gasteiger partial charge in [-0.2, -0.15) is 0 Å². The van der Waals surface area contributed by atoms with Gasteiger partial charge in [0, 0.05) is 57.9 Å². The lowest BCUT2D eigenvalue weighted by atomic mass is 10.2. The molecule has 9 heteroatoms. The summed E-state index contributed by atoms with van der Waals surface area (Å²) >= 11 is 0. The van der Waals surface area contributed by atoms with E-state index in [-0.39, 0.29) is 29.9 Å². The van der Waals surface area contributed by atoms with Gasteiger partial charge in [0.1, 0.15) is 0 Å². The van der Waals surface area contributed by atoms with E-state index in [9.17, 15) is 4.79 Å². The first-order chi connectivity index (χ1) is 13.2. The minimum absolute atomic E-state index is 0. The van der Waals surface area contributed by atoms with Crippen LogP contribution in [0.15, 0.2) is 21.7 Å². The number of amides is 1. The Bertz CT molecular complexity index is 645. The molecular formula is C19H32IN5O3. The third kappa shape index (κ3) is 6.08. The number of carbonyl (C=O) groups is 1. The number of rotatable bonds is 6. The number of nitrogens with zero attached hydrogens (tertiary/aromatic N) is 3. The number of morpholine rings is 1. The fourth-order valence-corrected chi connectivity index (χ4v) is 3.68. The maximum absolute atomic E-state index is 12.0. The molecule has 158 valence electrons. The van der Waals surface area contributed by atoms with Crippen LogP contribution in [0.3, 0.4) is 0 Å². The van der Waals surface area contributed by atoms with Gasteiger partial charge in [0.2, 0.25) is 0 Å². The molecule has 0 bridgehead atoms. The van der Waals surface area contributed by atoms with Crippen molar-refractivity contribution < 1.29 is 13.9 Å². The molecule has 1 aromatic heterocycles. The fourth-order valence-electron chi connectivity index (χ4n) is 3.68. The Morgan fingerprint density at radius 3 is 2.68 bits per heavy atom. The maximum atomic E-state index is 12.0. The quantitative estimate of drug-likeness (QED) is 0.263. The molecular weight excluding hydrogens is 473 g/mol. The van der Waals surface area contributed by atoms with E-state index in [2.05, 4.69) is 25.4 Å². The topological polar surface area (TPSA) is 82.3 Å². The summed E-state index contributed by atoms with van der Waals surface area (Å²) in [7, 11) is 1.83. The molecule has 2 N–H and O–H groups in total. The molecule has 1 amide bonds. The molecule has 0 aromatic carbocycles. The minimum atomic E-state index is -0.158. The molecule has 1 unspecified atom stereocenters. The normalized spacial score (nSPS) is 20.7. The van der Waals surface area contributed by atoms with Crippen molar-refractivity contribution in [1.82, 2.24) is 20.4 Å². The number of halogens is 1. The van der Waals surface area contributed by atoms with Crippen molar-refractivity contribution in [2.45, 2.75) is 25.8 Å². The predicted molar refractivity (Wildman–Crippen MR) is 120 cm³/mol. The molecule has 0 radical (unpaired) electrons. The first-order valence-electron chi connectivity index (χ1n) is 9.78. The average Bonchev–Trinajstić information content (AvgIpc) is 3.34. The van der Waals surface area contributed by atoms with E-state index in [1.165, 1.54) is 12.7 Å². The highest BCUT2D eigenvalue weighted by molar-refractivity contribution is 14.0. The SMILES string of the molecule is CN=C(NCCCNC(=O)c1occc1C)N1CCC(N2CCOCC2)C1.I. The predicted octanol–water partition coefficient (Wildman–Crippen LogP) is 1.31. The van der Waals surface area contributed by atoms with Gasteiger partial charge in [-0.3, -0.25) is 14.7 Å². The number of furan rings is 1. The first-order valence-corrected chi connectivity index (χ1v) is 9.78. The van der Waals surface area contributed by atoms with Crippen molar-refractivity contribution in [2.75, 3.05) is 59.5 Å². The van der Waals surface area contributed by atoms with E-state index in [0.29, 0.717) is 18.3 Å². The number of nitrogens with one attached hydrogen (secondary N) is 2. The van der Waals surface area contributed by atoms with Crippen LogP contribution in [0.1, 0.15) is 29.0 Å². The van der Waals surface area contributed by atoms with Crippen LogP contribution in [0.25, 0.3) is 0 Å². The number of guanidine groups is 1. The van der Waals surface area contributed by atoms with Gasteiger partial charge in [0.15, 0.2) is 11.7 Å². The van der Waals surface area contributed by atoms with Crippen LogP contribution in [0.5, 0.6) is 0 Å². The molecule has 28 heavy (non-hydrogen) atoms. The molecule has 1 aromatic rings. The maximum Gasteiger partial charge on any atom is 0.287 e. The van der Waals surface area contributed by atoms with E-state index in [1.807, 2.05) is 14.0 Å². The van der Waals surface area contributed by atoms with Gasteiger partial charge in [0.05, 0.1) is 19.5 Å². The summed E-state index contributed by atoms with van der Waals surface area (Å²) in [6.07, 6.45) is 3.53. The minimum Gasteiger partial charge on any atom is -0.459 e. The molecule has 0 spiro atoms. The zero-order valence-electron chi connectivity index (χ0n) is 16.8. The second kappa shape index (κ2) is 11.6. The van der Waals surface area contributed by atoms with Gasteiger partial charge in [-0.05, 0) is 25.8 Å². The van der Waals surface area contributed by atoms with Crippen LogP contribution < -0.4 is 10.6 Å². The van der Waals surface area contributed by atoms with Crippen molar-refractivity contribution >= 4 is 35.8 Å². The Morgan fingerprint density at radius 2 is 2.00 bits per heavy atom. The molecule has 2 aliphatic heterocycles. The van der Waals surface area contributed by atoms with Gasteiger partial charge < -0.3 is 24.7 Å². The molecule has 8 nitrogen and oxygen atoms in total. The second-order valence-corrected chi connectivity index (χ2v) is 7.05. The smallest absolute Gasteiger partial charge is 0.287 e. The Morgan fingerprint density at radius 1 is 1.25 bits per heavy atom. The van der Waals surface area contributed by atoms with E-state index in [1.54, 1.807) is 6.07 Å². The lowest BCUT2D eigenvalue weighted by molar-refractivity contribution is 0.0195. The standard InChI is InChI=1S/C19H31N5O3.HI/c1-15-5-11-27-17(15)18(25)21-6-3-7-22-19(20-2)24-8-4-16(14-24)23-9-12-26-13-10-23;/h5,11,16H,3-4,6-10,12-14H2,1-2H3,(H,20,22)(H,21,25);1H. The molecule has 2 fully saturated rings. The van der Waals surface area contributed by atoms with E-state index in [0.717, 1.165) is 63.9 Å². The van der Waals surface area contributed by atoms with Crippen LogP contribution in [0.4, 0.5) is 0 Å². The Hall–Kier alpha value is -1.33. The summed E-state index contributed by atoms with van der Waals surface area (Å²) in [6.45, 7) is 8.99. The van der Waals surface area contributed by atoms with Gasteiger partial charge in [-0.15, -0.1) is 24.0 Å². The molecule has 2 saturated heterocycles. The highest BCUT2D eigenvalue weighted by atomic mass is 127. The third-order valence-electron chi connectivity index (χ3n) is 5.23. The van der Waals surface area contributed by atoms with Crippen molar-refractivity contribution in [2.24, 2.45) is 4.99 Å². The Labute approximate surface area is 184 Å². The van der Waals surface area contributed by atoms with Crippen LogP contribution in [-0.2, 0) is 4.74 Å². The number of hydrogen-bond acceptors (Lipinski definition) is 5. The molecule has 3 heterocycles. The van der Waals surface area contributed by atoms with Gasteiger partial charge in [0.25, 0.3) is 5.91 Å². The van der Waals surface area contributed by atoms with E-state index in [4.69, 9.17) is 9.15 Å². The van der Waals surface area contributed by atoms with Crippen LogP contribution in [-0.4, -0.2) is 87.2 Å². The highest BCUT2D eigenvalue weighted by Gasteiger charge is 2.30. The number of hydrogen-bond donors (Lipinski definition) is 2. The van der Waals surface area contributed by atoms with Crippen molar-refractivity contribution in [3.8, 4) is 0 Å². The zero-order valence-corrected chi connectivity index (χ0v) is 19.1. The Balaban J connectivity index is 0.00000280. The monoisotopic (exact) mass is 505 g/mol. The summed E-state index contributed by atoms with van der Waals surface area (Å²) in [5, 5.41) is 6.31. The summed E-state index contributed by atoms with van der Waals surface area (Å²) in [6, 6.07) is 2.38. The van der Waals surface area contributed by atoms with Crippen LogP contribution >= 0.6 is 24.0 Å². The highest BCUT2D eigenvalue weighted by Crippen LogP contribution is 2.17. The summed E-state index contributed by atoms with van der Waals surface area (Å²) in [5.74, 6) is 1.18. The first kappa shape index (κ1) is 23.0. The number of ether oxygens (including phenoxy) is 1. The zero-order chi connectivity index (χ0) is 19.1. The van der Waals surface area contributed by atoms with Gasteiger partial charge in [-0.25, -0.2) is 0 Å². The summed E-state index contributed by atoms with van der Waals surface area (Å²) in [4.78, 5) is 21.3. The molecule has 2 aliphatic rings. The third-order valence-corrected chi connectivity index (χ3v) is 5.23. The molecule has 1 atom stereocenters. The summed E-state index contributed by atoms with van der Waals surface area (Å²) < 4.78 is 10.7.